The van der Waals surface area contributed by atoms with Crippen LogP contribution in [0.1, 0.15) is 52.9 Å². The van der Waals surface area contributed by atoms with Gasteiger partial charge >= 0.3 is 6.09 Å². The Bertz CT molecular complexity index is 567. The fourth-order valence-corrected chi connectivity index (χ4v) is 5.18. The molecule has 1 saturated carbocycles. The van der Waals surface area contributed by atoms with Crippen LogP contribution in [0.25, 0.3) is 0 Å². The molecule has 146 valence electrons. The van der Waals surface area contributed by atoms with Crippen LogP contribution >= 0.6 is 0 Å². The lowest BCUT2D eigenvalue weighted by atomic mass is 9.64. The van der Waals surface area contributed by atoms with Crippen LogP contribution in [0.15, 0.2) is 0 Å². The first kappa shape index (κ1) is 20.6. The fraction of sp³-hybridized carbons (Fsp3) is 0.895. The highest BCUT2D eigenvalue weighted by atomic mass is 16.6. The van der Waals surface area contributed by atoms with E-state index >= 15 is 0 Å². The van der Waals surface area contributed by atoms with Crippen molar-refractivity contribution >= 4 is 27.7 Å². The summed E-state index contributed by atoms with van der Waals surface area (Å²) < 4.78 is 5.09. The van der Waals surface area contributed by atoms with Gasteiger partial charge < -0.3 is 19.4 Å². The molecule has 4 radical (unpaired) electrons. The zero-order valence-electron chi connectivity index (χ0n) is 16.9. The molecule has 6 nitrogen and oxygen atoms in total. The van der Waals surface area contributed by atoms with Crippen molar-refractivity contribution in [3.05, 3.63) is 0 Å². The van der Waals surface area contributed by atoms with Crippen molar-refractivity contribution in [1.29, 1.82) is 0 Å². The first-order valence-electron chi connectivity index (χ1n) is 10.2. The van der Waals surface area contributed by atoms with Gasteiger partial charge in [-0.05, 0) is 51.4 Å². The molecule has 0 aromatic heterocycles. The number of hydrogen-bond donors (Lipinski definition) is 0. The van der Waals surface area contributed by atoms with Crippen LogP contribution in [0.3, 0.4) is 0 Å². The van der Waals surface area contributed by atoms with Crippen LogP contribution in [0, 0.1) is 5.41 Å². The second kappa shape index (κ2) is 7.69. The van der Waals surface area contributed by atoms with E-state index in [-0.39, 0.29) is 11.3 Å². The zero-order valence-corrected chi connectivity index (χ0v) is 16.9. The maximum absolute atomic E-state index is 12.2. The summed E-state index contributed by atoms with van der Waals surface area (Å²) in [6.07, 6.45) is 4.99. The monoisotopic (exact) mass is 371 g/mol. The molecule has 0 aromatic rings. The van der Waals surface area contributed by atoms with Crippen LogP contribution in [-0.2, 0) is 9.53 Å². The Balaban J connectivity index is 1.44. The summed E-state index contributed by atoms with van der Waals surface area (Å²) in [4.78, 5) is 30.2. The summed E-state index contributed by atoms with van der Waals surface area (Å²) >= 11 is 0. The Kier molecular flexibility index (Phi) is 5.85. The SMILES string of the molecule is [B]C([B])(C)OC(=O)N1CCC2(CC(N3CCC(N(CC)C(C)=O)CC3)C2)C1. The minimum absolute atomic E-state index is 0.183. The van der Waals surface area contributed by atoms with Gasteiger partial charge in [0.2, 0.25) is 5.91 Å². The fourth-order valence-electron chi connectivity index (χ4n) is 5.18. The second-order valence-electron chi connectivity index (χ2n) is 8.86. The van der Waals surface area contributed by atoms with Gasteiger partial charge in [0.25, 0.3) is 0 Å². The first-order valence-corrected chi connectivity index (χ1v) is 10.2. The number of ether oxygens (including phenoxy) is 1. The summed E-state index contributed by atoms with van der Waals surface area (Å²) in [7, 11) is 11.2. The Morgan fingerprint density at radius 2 is 1.85 bits per heavy atom. The Hall–Kier alpha value is -1.17. The minimum Gasteiger partial charge on any atom is -0.464 e. The lowest BCUT2D eigenvalue weighted by Crippen LogP contribution is -2.56. The van der Waals surface area contributed by atoms with E-state index in [0.717, 1.165) is 58.3 Å². The highest BCUT2D eigenvalue weighted by Gasteiger charge is 2.51. The summed E-state index contributed by atoms with van der Waals surface area (Å²) in [6.45, 7) is 9.56. The van der Waals surface area contributed by atoms with E-state index in [9.17, 15) is 9.59 Å². The van der Waals surface area contributed by atoms with Crippen molar-refractivity contribution in [2.24, 2.45) is 5.41 Å². The van der Waals surface area contributed by atoms with Crippen LogP contribution in [0.5, 0.6) is 0 Å². The van der Waals surface area contributed by atoms with Crippen molar-refractivity contribution in [3.8, 4) is 0 Å². The number of nitrogens with zero attached hydrogens (tertiary/aromatic N) is 3. The summed E-state index contributed by atoms with van der Waals surface area (Å²) in [5.41, 5.74) is 0.231. The van der Waals surface area contributed by atoms with E-state index in [1.165, 1.54) is 6.92 Å². The highest BCUT2D eigenvalue weighted by Crippen LogP contribution is 2.50. The third kappa shape index (κ3) is 4.64. The molecular weight excluding hydrogens is 340 g/mol. The molecule has 2 aliphatic heterocycles. The van der Waals surface area contributed by atoms with Crippen LogP contribution < -0.4 is 0 Å². The normalized spacial score (nSPS) is 29.6. The molecule has 2 heterocycles. The molecule has 2 amide bonds. The number of amides is 2. The minimum atomic E-state index is -1.43. The molecule has 3 rings (SSSR count). The third-order valence-electron chi connectivity index (χ3n) is 6.54. The van der Waals surface area contributed by atoms with E-state index in [0.29, 0.717) is 18.6 Å². The van der Waals surface area contributed by atoms with E-state index in [2.05, 4.69) is 11.8 Å². The maximum Gasteiger partial charge on any atom is 0.408 e. The molecular formula is C19H31B2N3O3. The molecule has 8 heteroatoms. The van der Waals surface area contributed by atoms with Crippen LogP contribution in [-0.4, -0.2) is 92.6 Å². The number of rotatable bonds is 4. The second-order valence-corrected chi connectivity index (χ2v) is 8.86. The van der Waals surface area contributed by atoms with E-state index in [1.807, 2.05) is 4.90 Å². The molecule has 0 unspecified atom stereocenters. The largest absolute Gasteiger partial charge is 0.464 e. The average molecular weight is 371 g/mol. The number of likely N-dealkylation sites (tertiary alicyclic amines) is 2. The van der Waals surface area contributed by atoms with E-state index in [4.69, 9.17) is 20.4 Å². The number of carbonyl (C=O) groups is 2. The molecule has 0 bridgehead atoms. The Morgan fingerprint density at radius 1 is 1.22 bits per heavy atom. The molecule has 27 heavy (non-hydrogen) atoms. The van der Waals surface area contributed by atoms with Crippen LogP contribution in [0.2, 0.25) is 0 Å². The summed E-state index contributed by atoms with van der Waals surface area (Å²) in [5, 5.41) is -1.43. The molecule has 3 aliphatic rings. The van der Waals surface area contributed by atoms with Crippen molar-refractivity contribution in [1.82, 2.24) is 14.7 Å². The number of piperidine rings is 1. The zero-order chi connectivity index (χ0) is 19.8. The first-order chi connectivity index (χ1) is 12.6. The van der Waals surface area contributed by atoms with Gasteiger partial charge in [-0.3, -0.25) is 4.79 Å². The van der Waals surface area contributed by atoms with Gasteiger partial charge in [0.05, 0.1) is 0 Å². The molecule has 1 spiro atoms. The quantitative estimate of drug-likeness (QED) is 0.700. The predicted octanol–water partition coefficient (Wildman–Crippen LogP) is 1.32. The Morgan fingerprint density at radius 3 is 2.37 bits per heavy atom. The molecule has 0 atom stereocenters. The van der Waals surface area contributed by atoms with Crippen molar-refractivity contribution in [2.45, 2.75) is 70.4 Å². The van der Waals surface area contributed by atoms with Gasteiger partial charge in [-0.1, -0.05) is 0 Å². The summed E-state index contributed by atoms with van der Waals surface area (Å²) in [5.74, 6) is 0.183. The molecule has 0 aromatic carbocycles. The molecule has 2 saturated heterocycles. The van der Waals surface area contributed by atoms with Gasteiger partial charge in [0.15, 0.2) is 0 Å². The van der Waals surface area contributed by atoms with Gasteiger partial charge in [-0.25, -0.2) is 4.79 Å². The van der Waals surface area contributed by atoms with E-state index < -0.39 is 11.5 Å². The highest BCUT2D eigenvalue weighted by molar-refractivity contribution is 6.39. The van der Waals surface area contributed by atoms with E-state index in [1.54, 1.807) is 11.8 Å². The standard InChI is InChI=1S/C19H31B2N3O3/c1-4-24(14(2)25)15-5-8-22(9-6-15)16-11-19(12-16)7-10-23(13-19)17(26)27-18(3,20)21/h15-16H,4-13H2,1-3H3. The van der Waals surface area contributed by atoms with Gasteiger partial charge in [0.1, 0.15) is 15.7 Å². The lowest BCUT2D eigenvalue weighted by molar-refractivity contribution is -0.132. The van der Waals surface area contributed by atoms with Gasteiger partial charge in [0, 0.05) is 57.1 Å². The average Bonchev–Trinajstić information content (AvgIpc) is 2.99. The maximum atomic E-state index is 12.2. The van der Waals surface area contributed by atoms with Gasteiger partial charge in [-0.15, -0.1) is 0 Å². The Labute approximate surface area is 165 Å². The van der Waals surface area contributed by atoms with Crippen molar-refractivity contribution < 1.29 is 14.3 Å². The smallest absolute Gasteiger partial charge is 0.408 e. The number of carbonyl (C=O) groups excluding carboxylic acids is 2. The van der Waals surface area contributed by atoms with Crippen molar-refractivity contribution in [2.75, 3.05) is 32.7 Å². The lowest BCUT2D eigenvalue weighted by Gasteiger charge is -2.52. The van der Waals surface area contributed by atoms with Gasteiger partial charge in [-0.2, -0.15) is 0 Å². The molecule has 3 fully saturated rings. The molecule has 0 N–H and O–H groups in total. The van der Waals surface area contributed by atoms with Crippen LogP contribution in [0.4, 0.5) is 4.79 Å². The summed E-state index contributed by atoms with van der Waals surface area (Å²) in [6, 6.07) is 0.986. The molecule has 1 aliphatic carbocycles. The predicted molar refractivity (Wildman–Crippen MR) is 106 cm³/mol. The third-order valence-corrected chi connectivity index (χ3v) is 6.54. The topological polar surface area (TPSA) is 53.1 Å². The van der Waals surface area contributed by atoms with Crippen molar-refractivity contribution in [3.63, 3.8) is 0 Å². The number of hydrogen-bond acceptors (Lipinski definition) is 4.